The predicted octanol–water partition coefficient (Wildman–Crippen LogP) is 2.47. The number of pyridine rings is 1. The van der Waals surface area contributed by atoms with E-state index in [1.165, 1.54) is 30.6 Å². The number of amides is 1. The number of aliphatic hydroxyl groups is 1. The Kier molecular flexibility index (Phi) is 4.88. The van der Waals surface area contributed by atoms with E-state index in [9.17, 15) is 9.18 Å². The van der Waals surface area contributed by atoms with Crippen molar-refractivity contribution < 1.29 is 14.3 Å². The number of carbonyl (C=O) groups excluding carboxylic acids is 1. The number of aromatic nitrogens is 1. The molecule has 1 aromatic carbocycles. The number of halogens is 2. The maximum Gasteiger partial charge on any atom is 0.257 e. The Labute approximate surface area is 125 Å². The van der Waals surface area contributed by atoms with Crippen molar-refractivity contribution in [3.63, 3.8) is 0 Å². The van der Waals surface area contributed by atoms with Crippen LogP contribution in [0, 0.1) is 17.7 Å². The van der Waals surface area contributed by atoms with Crippen molar-refractivity contribution in [1.29, 1.82) is 0 Å². The van der Waals surface area contributed by atoms with E-state index in [0.29, 0.717) is 11.3 Å². The average molecular weight is 305 g/mol. The number of carbonyl (C=O) groups is 1. The third kappa shape index (κ3) is 4.02. The van der Waals surface area contributed by atoms with Gasteiger partial charge in [-0.15, -0.1) is 0 Å². The first-order chi connectivity index (χ1) is 10.1. The third-order valence-electron chi connectivity index (χ3n) is 2.49. The largest absolute Gasteiger partial charge is 0.384 e. The highest BCUT2D eigenvalue weighted by Crippen LogP contribution is 2.22. The van der Waals surface area contributed by atoms with Gasteiger partial charge in [0.15, 0.2) is 0 Å². The number of nitrogens with zero attached hydrogens (tertiary/aromatic N) is 1. The molecule has 2 rings (SSSR count). The van der Waals surface area contributed by atoms with Crippen LogP contribution in [-0.2, 0) is 0 Å². The summed E-state index contributed by atoms with van der Waals surface area (Å²) in [6.45, 7) is -0.276. The lowest BCUT2D eigenvalue weighted by atomic mass is 10.2. The molecule has 1 aromatic heterocycles. The molecule has 4 nitrogen and oxygen atoms in total. The number of rotatable bonds is 2. The van der Waals surface area contributed by atoms with Gasteiger partial charge in [0, 0.05) is 18.0 Å². The van der Waals surface area contributed by atoms with Gasteiger partial charge in [0.25, 0.3) is 5.91 Å². The molecule has 0 fully saturated rings. The number of aliphatic hydroxyl groups excluding tert-OH is 1. The Balaban J connectivity index is 2.20. The van der Waals surface area contributed by atoms with Gasteiger partial charge in [-0.3, -0.25) is 9.78 Å². The van der Waals surface area contributed by atoms with Gasteiger partial charge in [0.2, 0.25) is 0 Å². The molecule has 0 saturated carbocycles. The van der Waals surface area contributed by atoms with E-state index in [4.69, 9.17) is 16.7 Å². The molecule has 0 aliphatic rings. The first-order valence-corrected chi connectivity index (χ1v) is 6.29. The van der Waals surface area contributed by atoms with Crippen LogP contribution in [0.1, 0.15) is 15.9 Å². The van der Waals surface area contributed by atoms with Crippen molar-refractivity contribution in [2.75, 3.05) is 11.9 Å². The topological polar surface area (TPSA) is 62.2 Å². The molecular formula is C15H10ClFN2O2. The van der Waals surface area contributed by atoms with Crippen molar-refractivity contribution in [3.05, 3.63) is 58.6 Å². The van der Waals surface area contributed by atoms with Crippen LogP contribution in [0.4, 0.5) is 10.1 Å². The van der Waals surface area contributed by atoms with Crippen LogP contribution in [0.5, 0.6) is 0 Å². The summed E-state index contributed by atoms with van der Waals surface area (Å²) in [6, 6.07) is 5.21. The Bertz CT molecular complexity index is 738. The summed E-state index contributed by atoms with van der Waals surface area (Å²) < 4.78 is 12.9. The summed E-state index contributed by atoms with van der Waals surface area (Å²) in [5.74, 6) is 4.19. The molecule has 0 aliphatic heterocycles. The van der Waals surface area contributed by atoms with Crippen molar-refractivity contribution in [3.8, 4) is 11.8 Å². The molecule has 0 spiro atoms. The summed E-state index contributed by atoms with van der Waals surface area (Å²) in [5.41, 5.74) is 1.08. The Morgan fingerprint density at radius 3 is 2.90 bits per heavy atom. The van der Waals surface area contributed by atoms with Crippen molar-refractivity contribution >= 4 is 23.2 Å². The lowest BCUT2D eigenvalue weighted by molar-refractivity contribution is 0.102. The highest BCUT2D eigenvalue weighted by atomic mass is 35.5. The second-order valence-electron chi connectivity index (χ2n) is 4.00. The fraction of sp³-hybridized carbons (Fsp3) is 0.0667. The summed E-state index contributed by atoms with van der Waals surface area (Å²) >= 11 is 5.84. The van der Waals surface area contributed by atoms with Gasteiger partial charge in [0.05, 0.1) is 16.3 Å². The zero-order valence-corrected chi connectivity index (χ0v) is 11.5. The van der Waals surface area contributed by atoms with Crippen LogP contribution in [0.3, 0.4) is 0 Å². The minimum Gasteiger partial charge on any atom is -0.384 e. The van der Waals surface area contributed by atoms with E-state index >= 15 is 0 Å². The third-order valence-corrected chi connectivity index (χ3v) is 2.80. The first kappa shape index (κ1) is 15.0. The van der Waals surface area contributed by atoms with E-state index in [2.05, 4.69) is 22.1 Å². The summed E-state index contributed by atoms with van der Waals surface area (Å²) in [4.78, 5) is 16.0. The molecule has 0 atom stereocenters. The smallest absolute Gasteiger partial charge is 0.257 e. The van der Waals surface area contributed by atoms with Gasteiger partial charge in [-0.2, -0.15) is 0 Å². The molecule has 2 N–H and O–H groups in total. The van der Waals surface area contributed by atoms with Crippen molar-refractivity contribution in [2.24, 2.45) is 0 Å². The van der Waals surface area contributed by atoms with Gasteiger partial charge in [0.1, 0.15) is 12.4 Å². The zero-order valence-electron chi connectivity index (χ0n) is 10.7. The Morgan fingerprint density at radius 2 is 2.19 bits per heavy atom. The highest BCUT2D eigenvalue weighted by Gasteiger charge is 2.10. The number of nitrogens with one attached hydrogen (secondary N) is 1. The molecule has 0 saturated heterocycles. The van der Waals surface area contributed by atoms with Crippen LogP contribution in [0.25, 0.3) is 0 Å². The quantitative estimate of drug-likeness (QED) is 0.838. The van der Waals surface area contributed by atoms with Crippen molar-refractivity contribution in [2.45, 2.75) is 0 Å². The fourth-order valence-corrected chi connectivity index (χ4v) is 1.77. The van der Waals surface area contributed by atoms with Crippen LogP contribution in [0.2, 0.25) is 5.02 Å². The molecule has 2 aromatic rings. The van der Waals surface area contributed by atoms with E-state index in [-0.39, 0.29) is 17.2 Å². The number of anilines is 1. The van der Waals surface area contributed by atoms with Gasteiger partial charge in [-0.1, -0.05) is 23.4 Å². The highest BCUT2D eigenvalue weighted by molar-refractivity contribution is 6.33. The van der Waals surface area contributed by atoms with Gasteiger partial charge in [-0.05, 0) is 24.3 Å². The predicted molar refractivity (Wildman–Crippen MR) is 77.6 cm³/mol. The van der Waals surface area contributed by atoms with Gasteiger partial charge in [-0.25, -0.2) is 4.39 Å². The summed E-state index contributed by atoms with van der Waals surface area (Å²) in [7, 11) is 0. The summed E-state index contributed by atoms with van der Waals surface area (Å²) in [5, 5.41) is 11.3. The van der Waals surface area contributed by atoms with Crippen LogP contribution >= 0.6 is 11.6 Å². The number of benzene rings is 1. The standard InChI is InChI=1S/C15H10ClFN2O2/c16-13-7-12(17)3-4-14(13)19-15(21)11-6-10(2-1-5-20)8-18-9-11/h3-4,6-9,20H,5H2,(H,19,21). The van der Waals surface area contributed by atoms with E-state index in [0.717, 1.165) is 6.07 Å². The van der Waals surface area contributed by atoms with Crippen LogP contribution < -0.4 is 5.32 Å². The molecule has 0 bridgehead atoms. The Morgan fingerprint density at radius 1 is 1.38 bits per heavy atom. The van der Waals surface area contributed by atoms with Crippen LogP contribution in [-0.4, -0.2) is 22.6 Å². The Hall–Kier alpha value is -2.42. The summed E-state index contributed by atoms with van der Waals surface area (Å²) in [6.07, 6.45) is 2.85. The molecule has 0 aliphatic carbocycles. The molecule has 1 heterocycles. The molecule has 0 radical (unpaired) electrons. The second-order valence-corrected chi connectivity index (χ2v) is 4.41. The van der Waals surface area contributed by atoms with Gasteiger partial charge < -0.3 is 10.4 Å². The molecular weight excluding hydrogens is 295 g/mol. The van der Waals surface area contributed by atoms with Crippen molar-refractivity contribution in [1.82, 2.24) is 4.98 Å². The minimum absolute atomic E-state index is 0.104. The number of hydrogen-bond acceptors (Lipinski definition) is 3. The SMILES string of the molecule is O=C(Nc1ccc(F)cc1Cl)c1cncc(C#CCO)c1. The zero-order chi connectivity index (χ0) is 15.2. The lowest BCUT2D eigenvalue weighted by Gasteiger charge is -2.07. The van der Waals surface area contributed by atoms with Gasteiger partial charge >= 0.3 is 0 Å². The van der Waals surface area contributed by atoms with E-state index < -0.39 is 11.7 Å². The normalized spacial score (nSPS) is 9.67. The fourth-order valence-electron chi connectivity index (χ4n) is 1.56. The minimum atomic E-state index is -0.485. The monoisotopic (exact) mass is 304 g/mol. The average Bonchev–Trinajstić information content (AvgIpc) is 2.48. The van der Waals surface area contributed by atoms with Crippen LogP contribution in [0.15, 0.2) is 36.7 Å². The molecule has 106 valence electrons. The maximum absolute atomic E-state index is 12.9. The molecule has 21 heavy (non-hydrogen) atoms. The number of hydrogen-bond donors (Lipinski definition) is 2. The first-order valence-electron chi connectivity index (χ1n) is 5.91. The van der Waals surface area contributed by atoms with E-state index in [1.807, 2.05) is 0 Å². The molecule has 1 amide bonds. The lowest BCUT2D eigenvalue weighted by Crippen LogP contribution is -2.12. The molecule has 0 unspecified atom stereocenters. The molecule has 6 heteroatoms. The maximum atomic E-state index is 12.9. The van der Waals surface area contributed by atoms with E-state index in [1.54, 1.807) is 0 Å². The second kappa shape index (κ2) is 6.84.